The van der Waals surface area contributed by atoms with Crippen molar-refractivity contribution in [3.8, 4) is 0 Å². The van der Waals surface area contributed by atoms with E-state index in [0.29, 0.717) is 12.8 Å². The number of carbonyl (C=O) groups excluding carboxylic acids is 2. The lowest BCUT2D eigenvalue weighted by Crippen LogP contribution is -2.64. The molecule has 1 rings (SSSR count). The van der Waals surface area contributed by atoms with Gasteiger partial charge < -0.3 is 39.9 Å². The molecule has 6 N–H and O–H groups in total. The average molecular weight is 859 g/mol. The topological polar surface area (TPSA) is 210 Å². The highest BCUT2D eigenvalue weighted by Crippen LogP contribution is 2.47. The number of hydrogen-bond acceptors (Lipinski definition) is 12. The Morgan fingerprint density at radius 1 is 0.525 bits per heavy atom. The standard InChI is InChI=1S/C45H79O13P/c1-3-5-7-9-11-13-15-17-19-21-23-25-27-29-31-33-38(46)55-35-37(36-56-59(53,54)58-45-43(51)41(49)40(48)42(50)44(45)52)57-39(47)34-32-30-28-26-24-22-20-18-16-14-12-10-8-6-4-2/h12-15,18,20,24,26,37,40-45,48-52H,3-11,16-17,19,21-23,25,27-36H2,1-2H3,(H,53,54)/b14-12-,15-13-,20-18-,26-24-/t37-,40?,41-,42?,43?,44?,45?/m1/s1. The maximum absolute atomic E-state index is 12.8. The SMILES string of the molecule is CCCCC/C=C\C/C=C\C/C=C\CCCCC(=O)O[C@H](COC(=O)CCCCCCCCC/C=C\CCCCCC)COP(=O)(O)OC1C(O)C(O)C(O)[C@@H](O)C1O. The summed E-state index contributed by atoms with van der Waals surface area (Å²) in [5.74, 6) is -1.15. The van der Waals surface area contributed by atoms with Gasteiger partial charge in [-0.3, -0.25) is 18.6 Å². The van der Waals surface area contributed by atoms with Gasteiger partial charge in [0, 0.05) is 12.8 Å². The number of aliphatic hydroxyl groups excluding tert-OH is 5. The van der Waals surface area contributed by atoms with Crippen molar-refractivity contribution in [2.75, 3.05) is 13.2 Å². The zero-order valence-electron chi connectivity index (χ0n) is 36.0. The first-order valence-electron chi connectivity index (χ1n) is 22.4. The van der Waals surface area contributed by atoms with E-state index in [2.05, 4.69) is 62.5 Å². The Labute approximate surface area is 354 Å². The fourth-order valence-corrected chi connectivity index (χ4v) is 7.44. The van der Waals surface area contributed by atoms with Gasteiger partial charge in [0.2, 0.25) is 0 Å². The molecule has 0 spiro atoms. The summed E-state index contributed by atoms with van der Waals surface area (Å²) in [7, 11) is -5.13. The lowest BCUT2D eigenvalue weighted by Gasteiger charge is -2.41. The van der Waals surface area contributed by atoms with Crippen molar-refractivity contribution >= 4 is 19.8 Å². The maximum Gasteiger partial charge on any atom is 0.472 e. The van der Waals surface area contributed by atoms with Gasteiger partial charge in [-0.05, 0) is 77.0 Å². The molecule has 0 aromatic rings. The summed E-state index contributed by atoms with van der Waals surface area (Å²) >= 11 is 0. The second kappa shape index (κ2) is 35.4. The smallest absolute Gasteiger partial charge is 0.462 e. The number of aliphatic hydroxyl groups is 5. The molecule has 59 heavy (non-hydrogen) atoms. The van der Waals surface area contributed by atoms with Crippen LogP contribution >= 0.6 is 7.82 Å². The number of hydrogen-bond donors (Lipinski definition) is 6. The van der Waals surface area contributed by atoms with E-state index < -0.39 is 75.7 Å². The third-order valence-corrected chi connectivity index (χ3v) is 11.1. The van der Waals surface area contributed by atoms with Crippen LogP contribution in [0.25, 0.3) is 0 Å². The Kier molecular flexibility index (Phi) is 32.9. The molecule has 1 aliphatic rings. The van der Waals surface area contributed by atoms with E-state index >= 15 is 0 Å². The Morgan fingerprint density at radius 2 is 0.915 bits per heavy atom. The molecule has 13 nitrogen and oxygen atoms in total. The summed E-state index contributed by atoms with van der Waals surface area (Å²) in [6, 6.07) is 0. The number of phosphoric acid groups is 1. The summed E-state index contributed by atoms with van der Waals surface area (Å²) in [6.45, 7) is 3.21. The molecule has 0 aromatic carbocycles. The molecular weight excluding hydrogens is 779 g/mol. The molecule has 342 valence electrons. The quantitative estimate of drug-likeness (QED) is 0.0152. The molecule has 0 heterocycles. The minimum Gasteiger partial charge on any atom is -0.462 e. The van der Waals surface area contributed by atoms with Gasteiger partial charge in [-0.25, -0.2) is 4.57 Å². The summed E-state index contributed by atoms with van der Waals surface area (Å²) in [5, 5.41) is 50.1. The number of ether oxygens (including phenoxy) is 2. The van der Waals surface area contributed by atoms with E-state index in [1.807, 2.05) is 0 Å². The third kappa shape index (κ3) is 28.1. The van der Waals surface area contributed by atoms with E-state index in [4.69, 9.17) is 18.5 Å². The highest BCUT2D eigenvalue weighted by atomic mass is 31.2. The molecule has 1 saturated carbocycles. The second-order valence-corrected chi connectivity index (χ2v) is 16.9. The van der Waals surface area contributed by atoms with Gasteiger partial charge in [0.25, 0.3) is 0 Å². The molecular formula is C45H79O13P. The molecule has 14 heteroatoms. The fourth-order valence-electron chi connectivity index (χ4n) is 6.46. The number of phosphoric ester groups is 1. The van der Waals surface area contributed by atoms with Crippen molar-refractivity contribution in [3.05, 3.63) is 48.6 Å². The van der Waals surface area contributed by atoms with Gasteiger partial charge in [0.15, 0.2) is 6.10 Å². The van der Waals surface area contributed by atoms with E-state index in [1.165, 1.54) is 64.2 Å². The molecule has 0 saturated heterocycles. The number of allylic oxidation sites excluding steroid dienone is 8. The molecule has 1 fully saturated rings. The molecule has 0 amide bonds. The van der Waals surface area contributed by atoms with Crippen molar-refractivity contribution in [1.82, 2.24) is 0 Å². The Balaban J connectivity index is 2.51. The highest BCUT2D eigenvalue weighted by Gasteiger charge is 2.51. The molecule has 8 atom stereocenters. The molecule has 0 bridgehead atoms. The summed E-state index contributed by atoms with van der Waals surface area (Å²) in [6.07, 6.45) is 27.4. The molecule has 0 aliphatic heterocycles. The van der Waals surface area contributed by atoms with Gasteiger partial charge in [-0.1, -0.05) is 127 Å². The molecule has 0 radical (unpaired) electrons. The van der Waals surface area contributed by atoms with Crippen LogP contribution < -0.4 is 0 Å². The van der Waals surface area contributed by atoms with E-state index in [9.17, 15) is 44.6 Å². The monoisotopic (exact) mass is 859 g/mol. The van der Waals surface area contributed by atoms with Crippen molar-refractivity contribution in [3.63, 3.8) is 0 Å². The number of esters is 2. The predicted molar refractivity (Wildman–Crippen MR) is 230 cm³/mol. The number of unbranched alkanes of at least 4 members (excludes halogenated alkanes) is 16. The Morgan fingerprint density at radius 3 is 1.47 bits per heavy atom. The third-order valence-electron chi connectivity index (χ3n) is 10.1. The lowest BCUT2D eigenvalue weighted by atomic mass is 9.85. The second-order valence-electron chi connectivity index (χ2n) is 15.5. The Hall–Kier alpha value is -2.19. The van der Waals surface area contributed by atoms with Crippen LogP contribution in [0.15, 0.2) is 48.6 Å². The van der Waals surface area contributed by atoms with Crippen LogP contribution in [0.1, 0.15) is 168 Å². The van der Waals surface area contributed by atoms with Crippen molar-refractivity contribution in [2.45, 2.75) is 211 Å². The maximum atomic E-state index is 12.8. The zero-order valence-corrected chi connectivity index (χ0v) is 36.9. The van der Waals surface area contributed by atoms with Crippen LogP contribution in [0, 0.1) is 0 Å². The average Bonchev–Trinajstić information content (AvgIpc) is 3.21. The predicted octanol–water partition coefficient (Wildman–Crippen LogP) is 8.39. The first-order chi connectivity index (χ1) is 28.4. The van der Waals surface area contributed by atoms with Crippen LogP contribution in [0.2, 0.25) is 0 Å². The van der Waals surface area contributed by atoms with E-state index in [-0.39, 0.29) is 12.8 Å². The first-order valence-corrected chi connectivity index (χ1v) is 23.9. The zero-order chi connectivity index (χ0) is 43.6. The van der Waals surface area contributed by atoms with Crippen molar-refractivity contribution < 1.29 is 63.1 Å². The van der Waals surface area contributed by atoms with Crippen molar-refractivity contribution in [1.29, 1.82) is 0 Å². The van der Waals surface area contributed by atoms with E-state index in [0.717, 1.165) is 64.2 Å². The van der Waals surface area contributed by atoms with Crippen molar-refractivity contribution in [2.24, 2.45) is 0 Å². The minimum absolute atomic E-state index is 0.0461. The van der Waals surface area contributed by atoms with Crippen LogP contribution in [-0.2, 0) is 32.7 Å². The van der Waals surface area contributed by atoms with Gasteiger partial charge >= 0.3 is 19.8 Å². The Bertz CT molecular complexity index is 1220. The van der Waals surface area contributed by atoms with Crippen LogP contribution in [0.5, 0.6) is 0 Å². The molecule has 1 aliphatic carbocycles. The normalized spacial score (nSPS) is 22.8. The fraction of sp³-hybridized carbons (Fsp3) is 0.778. The highest BCUT2D eigenvalue weighted by molar-refractivity contribution is 7.47. The van der Waals surface area contributed by atoms with Gasteiger partial charge in [0.05, 0.1) is 6.61 Å². The minimum atomic E-state index is -5.13. The summed E-state index contributed by atoms with van der Waals surface area (Å²) in [4.78, 5) is 35.6. The number of carbonyl (C=O) groups is 2. The van der Waals surface area contributed by atoms with E-state index in [1.54, 1.807) is 0 Å². The van der Waals surface area contributed by atoms with Crippen LogP contribution in [0.3, 0.4) is 0 Å². The van der Waals surface area contributed by atoms with Gasteiger partial charge in [0.1, 0.15) is 43.2 Å². The van der Waals surface area contributed by atoms with Crippen LogP contribution in [-0.4, -0.2) is 98.3 Å². The largest absolute Gasteiger partial charge is 0.472 e. The summed E-state index contributed by atoms with van der Waals surface area (Å²) in [5.41, 5.74) is 0. The molecule has 0 aromatic heterocycles. The summed E-state index contributed by atoms with van der Waals surface area (Å²) < 4.78 is 33.4. The van der Waals surface area contributed by atoms with Crippen LogP contribution in [0.4, 0.5) is 0 Å². The lowest BCUT2D eigenvalue weighted by molar-refractivity contribution is -0.220. The molecule has 6 unspecified atom stereocenters. The van der Waals surface area contributed by atoms with Gasteiger partial charge in [-0.15, -0.1) is 0 Å². The number of rotatable bonds is 36. The first kappa shape index (κ1) is 54.8. The van der Waals surface area contributed by atoms with Gasteiger partial charge in [-0.2, -0.15) is 0 Å².